The number of aryl methyl sites for hydroxylation is 1. The van der Waals surface area contributed by atoms with Gasteiger partial charge in [0.2, 0.25) is 0 Å². The minimum atomic E-state index is 0.344. The normalized spacial score (nSPS) is 22.4. The van der Waals surface area contributed by atoms with E-state index in [1.807, 2.05) is 0 Å². The van der Waals surface area contributed by atoms with Gasteiger partial charge in [-0.15, -0.1) is 0 Å². The van der Waals surface area contributed by atoms with Gasteiger partial charge in [-0.2, -0.15) is 0 Å². The fourth-order valence-corrected chi connectivity index (χ4v) is 5.76. The summed E-state index contributed by atoms with van der Waals surface area (Å²) in [6.07, 6.45) is 7.62. The van der Waals surface area contributed by atoms with E-state index in [0.29, 0.717) is 23.9 Å². The Hall–Kier alpha value is -2.00. The fraction of sp³-hybridized carbons (Fsp3) is 0.586. The summed E-state index contributed by atoms with van der Waals surface area (Å²) in [5, 5.41) is 0. The van der Waals surface area contributed by atoms with E-state index < -0.39 is 0 Å². The number of hydrogen-bond donors (Lipinski definition) is 0. The van der Waals surface area contributed by atoms with E-state index in [1.54, 1.807) is 7.11 Å². The van der Waals surface area contributed by atoms with Crippen LogP contribution >= 0.6 is 0 Å². The molecule has 1 saturated heterocycles. The van der Waals surface area contributed by atoms with Crippen molar-refractivity contribution in [3.63, 3.8) is 0 Å². The first-order valence-electron chi connectivity index (χ1n) is 12.6. The van der Waals surface area contributed by atoms with Crippen molar-refractivity contribution in [2.45, 2.75) is 71.3 Å². The van der Waals surface area contributed by atoms with Crippen molar-refractivity contribution in [3.8, 4) is 11.5 Å². The second-order valence-electron chi connectivity index (χ2n) is 10.5. The predicted octanol–water partition coefficient (Wildman–Crippen LogP) is 6.63. The highest BCUT2D eigenvalue weighted by atomic mass is 16.5. The van der Waals surface area contributed by atoms with Crippen molar-refractivity contribution >= 4 is 0 Å². The molecule has 174 valence electrons. The summed E-state index contributed by atoms with van der Waals surface area (Å²) in [4.78, 5) is 2.70. The molecule has 3 nitrogen and oxygen atoms in total. The van der Waals surface area contributed by atoms with Crippen LogP contribution in [0.4, 0.5) is 0 Å². The van der Waals surface area contributed by atoms with E-state index in [2.05, 4.69) is 68.1 Å². The molecule has 1 heterocycles. The summed E-state index contributed by atoms with van der Waals surface area (Å²) in [5.74, 6) is 3.70. The summed E-state index contributed by atoms with van der Waals surface area (Å²) < 4.78 is 12.1. The van der Waals surface area contributed by atoms with Crippen LogP contribution in [-0.4, -0.2) is 37.7 Å². The molecule has 0 aromatic heterocycles. The maximum absolute atomic E-state index is 6.42. The quantitative estimate of drug-likeness (QED) is 0.464. The summed E-state index contributed by atoms with van der Waals surface area (Å²) in [6.45, 7) is 10.4. The molecule has 0 amide bonds. The number of ether oxygens (including phenoxy) is 2. The van der Waals surface area contributed by atoms with Gasteiger partial charge in [-0.25, -0.2) is 0 Å². The molecule has 1 saturated carbocycles. The number of benzene rings is 2. The van der Waals surface area contributed by atoms with Crippen LogP contribution in [0.5, 0.6) is 11.5 Å². The molecule has 32 heavy (non-hydrogen) atoms. The molecule has 0 unspecified atom stereocenters. The molecule has 1 aliphatic carbocycles. The van der Waals surface area contributed by atoms with Crippen molar-refractivity contribution in [3.05, 3.63) is 59.2 Å². The maximum atomic E-state index is 6.42. The van der Waals surface area contributed by atoms with Gasteiger partial charge < -0.3 is 14.4 Å². The summed E-state index contributed by atoms with van der Waals surface area (Å²) in [7, 11) is 1.75. The third-order valence-corrected chi connectivity index (χ3v) is 7.10. The third-order valence-electron chi connectivity index (χ3n) is 7.10. The van der Waals surface area contributed by atoms with E-state index in [9.17, 15) is 0 Å². The number of piperidine rings is 1. The molecular formula is C29H41NO2. The number of hydrogen-bond acceptors (Lipinski definition) is 3. The minimum Gasteiger partial charge on any atom is -0.493 e. The lowest BCUT2D eigenvalue weighted by molar-refractivity contribution is 0.140. The zero-order chi connectivity index (χ0) is 22.5. The Morgan fingerprint density at radius 2 is 1.81 bits per heavy atom. The Kier molecular flexibility index (Phi) is 7.78. The summed E-state index contributed by atoms with van der Waals surface area (Å²) in [6, 6.07) is 15.7. The van der Waals surface area contributed by atoms with E-state index in [1.165, 1.54) is 49.0 Å². The molecule has 2 aromatic carbocycles. The molecule has 0 spiro atoms. The molecule has 2 aliphatic rings. The minimum absolute atomic E-state index is 0.344. The molecule has 0 radical (unpaired) electrons. The van der Waals surface area contributed by atoms with Crippen LogP contribution in [0.3, 0.4) is 0 Å². The average molecular weight is 436 g/mol. The Morgan fingerprint density at radius 1 is 1.00 bits per heavy atom. The molecule has 0 N–H and O–H groups in total. The number of likely N-dealkylation sites (tertiary alicyclic amines) is 1. The highest BCUT2D eigenvalue weighted by Gasteiger charge is 2.29. The second-order valence-corrected chi connectivity index (χ2v) is 10.5. The van der Waals surface area contributed by atoms with Crippen LogP contribution in [0.15, 0.2) is 42.5 Å². The molecule has 1 aliphatic heterocycles. The summed E-state index contributed by atoms with van der Waals surface area (Å²) >= 11 is 0. The number of nitrogens with zero attached hydrogens (tertiary/aromatic N) is 1. The molecule has 2 atom stereocenters. The van der Waals surface area contributed by atoms with E-state index in [0.717, 1.165) is 37.3 Å². The van der Waals surface area contributed by atoms with Gasteiger partial charge in [0.05, 0.1) is 13.2 Å². The first-order chi connectivity index (χ1) is 15.5. The molecule has 2 fully saturated rings. The van der Waals surface area contributed by atoms with Crippen molar-refractivity contribution in [2.75, 3.05) is 26.7 Å². The van der Waals surface area contributed by atoms with E-state index in [-0.39, 0.29) is 0 Å². The Labute approximate surface area is 195 Å². The van der Waals surface area contributed by atoms with Crippen LogP contribution in [0.2, 0.25) is 0 Å². The predicted molar refractivity (Wildman–Crippen MR) is 133 cm³/mol. The second kappa shape index (κ2) is 10.7. The van der Waals surface area contributed by atoms with Crippen LogP contribution < -0.4 is 9.47 Å². The van der Waals surface area contributed by atoms with Gasteiger partial charge in [0.25, 0.3) is 0 Å². The fourth-order valence-electron chi connectivity index (χ4n) is 5.76. The van der Waals surface area contributed by atoms with Crippen molar-refractivity contribution in [1.82, 2.24) is 4.90 Å². The average Bonchev–Trinajstić information content (AvgIpc) is 3.26. The standard InChI is InChI=1S/C29H41NO2/c1-21(2)18-30-19-24(15-23-9-7-8-22(3)14-23)16-26(20-30)25-12-13-28(31-4)29(17-25)32-27-10-5-6-11-27/h7-9,12-14,17,21,24,26-27H,5-6,10-11,15-16,18-20H2,1-4H3/t24-,26-/m1/s1. The van der Waals surface area contributed by atoms with E-state index in [4.69, 9.17) is 9.47 Å². The van der Waals surface area contributed by atoms with E-state index >= 15 is 0 Å². The molecule has 3 heteroatoms. The molecular weight excluding hydrogens is 394 g/mol. The van der Waals surface area contributed by atoms with Gasteiger partial charge in [-0.1, -0.05) is 49.7 Å². The highest BCUT2D eigenvalue weighted by Crippen LogP contribution is 2.38. The Bertz CT molecular complexity index is 871. The van der Waals surface area contributed by atoms with Crippen LogP contribution in [0, 0.1) is 18.8 Å². The number of methoxy groups -OCH3 is 1. The van der Waals surface area contributed by atoms with Gasteiger partial charge in [0.1, 0.15) is 0 Å². The highest BCUT2D eigenvalue weighted by molar-refractivity contribution is 5.44. The van der Waals surface area contributed by atoms with Gasteiger partial charge in [0.15, 0.2) is 11.5 Å². The zero-order valence-corrected chi connectivity index (χ0v) is 20.5. The lowest BCUT2D eigenvalue weighted by atomic mass is 9.81. The largest absolute Gasteiger partial charge is 0.493 e. The summed E-state index contributed by atoms with van der Waals surface area (Å²) in [5.41, 5.74) is 4.24. The smallest absolute Gasteiger partial charge is 0.161 e. The van der Waals surface area contributed by atoms with Gasteiger partial charge >= 0.3 is 0 Å². The first kappa shape index (κ1) is 23.2. The molecule has 2 aromatic rings. The third kappa shape index (κ3) is 6.07. The number of rotatable bonds is 8. The van der Waals surface area contributed by atoms with Crippen LogP contribution in [0.25, 0.3) is 0 Å². The monoisotopic (exact) mass is 435 g/mol. The van der Waals surface area contributed by atoms with Crippen LogP contribution in [-0.2, 0) is 6.42 Å². The van der Waals surface area contributed by atoms with Gasteiger partial charge in [-0.3, -0.25) is 0 Å². The topological polar surface area (TPSA) is 21.7 Å². The zero-order valence-electron chi connectivity index (χ0n) is 20.5. The lowest BCUT2D eigenvalue weighted by Crippen LogP contribution is -2.42. The van der Waals surface area contributed by atoms with Crippen molar-refractivity contribution in [2.24, 2.45) is 11.8 Å². The van der Waals surface area contributed by atoms with Crippen molar-refractivity contribution < 1.29 is 9.47 Å². The van der Waals surface area contributed by atoms with Crippen molar-refractivity contribution in [1.29, 1.82) is 0 Å². The Morgan fingerprint density at radius 3 is 2.53 bits per heavy atom. The van der Waals surface area contributed by atoms with Crippen LogP contribution in [0.1, 0.15) is 68.6 Å². The molecule has 0 bridgehead atoms. The van der Waals surface area contributed by atoms with Gasteiger partial charge in [-0.05, 0) is 86.5 Å². The lowest BCUT2D eigenvalue weighted by Gasteiger charge is -2.39. The SMILES string of the molecule is COc1ccc([C@@H]2C[C@@H](Cc3cccc(C)c3)CN(CC(C)C)C2)cc1OC1CCCC1. The first-order valence-corrected chi connectivity index (χ1v) is 12.6. The maximum Gasteiger partial charge on any atom is 0.161 e. The van der Waals surface area contributed by atoms with Gasteiger partial charge in [0, 0.05) is 19.6 Å². The molecule has 4 rings (SSSR count). The Balaban J connectivity index is 1.54.